The Hall–Kier alpha value is -0.485. The van der Waals surface area contributed by atoms with Crippen LogP contribution in [-0.2, 0) is 9.31 Å². The van der Waals surface area contributed by atoms with E-state index in [1.165, 1.54) is 44.3 Å². The van der Waals surface area contributed by atoms with Crippen molar-refractivity contribution in [2.75, 3.05) is 13.1 Å². The largest absolute Gasteiger partial charge is 0.494 e. The van der Waals surface area contributed by atoms with E-state index in [2.05, 4.69) is 68.2 Å². The van der Waals surface area contributed by atoms with E-state index >= 15 is 0 Å². The first-order valence-electron chi connectivity index (χ1n) is 10.7. The predicted molar refractivity (Wildman–Crippen MR) is 118 cm³/mol. The summed E-state index contributed by atoms with van der Waals surface area (Å²) < 4.78 is 14.9. The number of piperidine rings is 1. The van der Waals surface area contributed by atoms with Crippen molar-refractivity contribution in [3.63, 3.8) is 0 Å². The van der Waals surface area contributed by atoms with Crippen molar-refractivity contribution in [3.05, 3.63) is 29.8 Å². The number of hydrogen-bond acceptors (Lipinski definition) is 4. The summed E-state index contributed by atoms with van der Waals surface area (Å²) in [4.78, 5) is 0. The van der Waals surface area contributed by atoms with Crippen LogP contribution in [0.3, 0.4) is 0 Å². The summed E-state index contributed by atoms with van der Waals surface area (Å²) in [5, 5.41) is 0.927. The van der Waals surface area contributed by atoms with Gasteiger partial charge in [0.15, 0.2) is 0 Å². The fourth-order valence-corrected chi connectivity index (χ4v) is 4.77. The second-order valence-corrected chi connectivity index (χ2v) is 10.2. The zero-order valence-corrected chi connectivity index (χ0v) is 18.8. The van der Waals surface area contributed by atoms with Crippen molar-refractivity contribution in [2.45, 2.75) is 89.6 Å². The van der Waals surface area contributed by atoms with E-state index in [0.29, 0.717) is 5.92 Å². The molecule has 3 nitrogen and oxygen atoms in total. The third kappa shape index (κ3) is 4.93. The molecule has 2 heterocycles. The molecule has 1 aromatic carbocycles. The van der Waals surface area contributed by atoms with Crippen molar-refractivity contribution in [2.24, 2.45) is 0 Å². The molecule has 3 aliphatic rings. The van der Waals surface area contributed by atoms with Gasteiger partial charge < -0.3 is 9.31 Å². The summed E-state index contributed by atoms with van der Waals surface area (Å²) in [5.74, 6) is 0.698. The van der Waals surface area contributed by atoms with E-state index in [1.54, 1.807) is 0 Å². The molecule has 0 bridgehead atoms. The summed E-state index contributed by atoms with van der Waals surface area (Å²) in [6.07, 6.45) is 5.39. The van der Waals surface area contributed by atoms with E-state index in [-0.39, 0.29) is 18.3 Å². The summed E-state index contributed by atoms with van der Waals surface area (Å²) in [7, 11) is -0.254. The highest BCUT2D eigenvalue weighted by Gasteiger charge is 2.51. The van der Waals surface area contributed by atoms with E-state index < -0.39 is 0 Å². The minimum atomic E-state index is -0.275. The molecule has 0 atom stereocenters. The van der Waals surface area contributed by atoms with Gasteiger partial charge in [-0.1, -0.05) is 50.1 Å². The Balaban J connectivity index is 0.00000102. The Morgan fingerprint density at radius 1 is 0.889 bits per heavy atom. The molecule has 0 radical (unpaired) electrons. The topological polar surface area (TPSA) is 21.7 Å². The molecule has 1 saturated carbocycles. The number of nitrogens with zero attached hydrogens (tertiary/aromatic N) is 1. The molecule has 1 aromatic rings. The van der Waals surface area contributed by atoms with Crippen molar-refractivity contribution < 1.29 is 9.31 Å². The monoisotopic (exact) mass is 389 g/mol. The van der Waals surface area contributed by atoms with Crippen LogP contribution in [0.1, 0.15) is 78.7 Å². The van der Waals surface area contributed by atoms with Crippen molar-refractivity contribution >= 4 is 24.5 Å². The smallest absolute Gasteiger partial charge is 0.399 e. The van der Waals surface area contributed by atoms with Gasteiger partial charge in [0, 0.05) is 18.3 Å². The van der Waals surface area contributed by atoms with Gasteiger partial charge in [-0.25, -0.2) is 0 Å². The van der Waals surface area contributed by atoms with Gasteiger partial charge in [0.05, 0.1) is 11.2 Å². The second-order valence-electron chi connectivity index (χ2n) is 8.76. The molecule has 4 rings (SSSR count). The van der Waals surface area contributed by atoms with Crippen LogP contribution in [0, 0.1) is 0 Å². The van der Waals surface area contributed by atoms with Crippen LogP contribution in [-0.4, -0.2) is 41.0 Å². The lowest BCUT2D eigenvalue weighted by Gasteiger charge is -2.32. The SMILES string of the molecule is CC.CC1(C)OB(c2ccc(C3CCN(SC4CC4)CC3)cc2)OC1(C)C. The normalized spacial score (nSPS) is 25.2. The fourth-order valence-electron chi connectivity index (χ4n) is 3.58. The quantitative estimate of drug-likeness (QED) is 0.534. The van der Waals surface area contributed by atoms with Gasteiger partial charge in [0.2, 0.25) is 0 Å². The molecule has 5 heteroatoms. The van der Waals surface area contributed by atoms with Gasteiger partial charge in [-0.3, -0.25) is 4.31 Å². The van der Waals surface area contributed by atoms with Crippen LogP contribution in [0.4, 0.5) is 0 Å². The zero-order chi connectivity index (χ0) is 19.7. The molecule has 1 aliphatic carbocycles. The number of benzene rings is 1. The van der Waals surface area contributed by atoms with Crippen LogP contribution in [0.25, 0.3) is 0 Å². The fraction of sp³-hybridized carbons (Fsp3) is 0.727. The maximum absolute atomic E-state index is 6.16. The summed E-state index contributed by atoms with van der Waals surface area (Å²) >= 11 is 2.10. The molecule has 0 unspecified atom stereocenters. The molecule has 2 aliphatic heterocycles. The number of hydrogen-bond donors (Lipinski definition) is 0. The molecule has 2 saturated heterocycles. The average Bonchev–Trinajstić information content (AvgIpc) is 3.43. The summed E-state index contributed by atoms with van der Waals surface area (Å²) in [5.41, 5.74) is 2.05. The first-order valence-corrected chi connectivity index (χ1v) is 11.5. The van der Waals surface area contributed by atoms with E-state index in [1.807, 2.05) is 13.8 Å². The zero-order valence-electron chi connectivity index (χ0n) is 18.0. The van der Waals surface area contributed by atoms with E-state index in [9.17, 15) is 0 Å². The van der Waals surface area contributed by atoms with Crippen molar-refractivity contribution in [3.8, 4) is 0 Å². The van der Waals surface area contributed by atoms with Gasteiger partial charge in [0.25, 0.3) is 0 Å². The molecule has 0 N–H and O–H groups in total. The number of rotatable bonds is 4. The van der Waals surface area contributed by atoms with Gasteiger partial charge in [0.1, 0.15) is 0 Å². The summed E-state index contributed by atoms with van der Waals surface area (Å²) in [6.45, 7) is 14.9. The Kier molecular flexibility index (Phi) is 6.67. The molecule has 27 heavy (non-hydrogen) atoms. The summed E-state index contributed by atoms with van der Waals surface area (Å²) in [6, 6.07) is 8.97. The molecule has 3 fully saturated rings. The third-order valence-corrected chi connectivity index (χ3v) is 7.64. The highest BCUT2D eigenvalue weighted by Crippen LogP contribution is 2.40. The Morgan fingerprint density at radius 3 is 1.89 bits per heavy atom. The van der Waals surface area contributed by atoms with E-state index in [4.69, 9.17) is 9.31 Å². The van der Waals surface area contributed by atoms with Crippen LogP contribution in [0.15, 0.2) is 24.3 Å². The second kappa shape index (κ2) is 8.48. The first-order chi connectivity index (χ1) is 12.8. The molecule has 0 spiro atoms. The molecule has 0 amide bonds. The lowest BCUT2D eigenvalue weighted by molar-refractivity contribution is 0.00578. The Bertz CT molecular complexity index is 591. The standard InChI is InChI=1S/C20H30BNO2S.C2H6/c1-19(2)20(3,4)24-21(23-19)17-7-5-15(6-8-17)16-11-13-22(14-12-16)25-18-9-10-18;1-2/h5-8,16,18H,9-14H2,1-4H3;1-2H3. The Labute approximate surface area is 170 Å². The average molecular weight is 389 g/mol. The van der Waals surface area contributed by atoms with Crippen molar-refractivity contribution in [1.29, 1.82) is 0 Å². The molecule has 150 valence electrons. The molecule has 0 aromatic heterocycles. The minimum absolute atomic E-state index is 0.254. The Morgan fingerprint density at radius 2 is 1.41 bits per heavy atom. The van der Waals surface area contributed by atoms with Gasteiger partial charge in [-0.15, -0.1) is 0 Å². The highest BCUT2D eigenvalue weighted by molar-refractivity contribution is 7.97. The van der Waals surface area contributed by atoms with Gasteiger partial charge in [-0.05, 0) is 70.3 Å². The van der Waals surface area contributed by atoms with Crippen LogP contribution >= 0.6 is 11.9 Å². The lowest BCUT2D eigenvalue weighted by Crippen LogP contribution is -2.41. The van der Waals surface area contributed by atoms with Crippen LogP contribution < -0.4 is 5.46 Å². The third-order valence-electron chi connectivity index (χ3n) is 6.21. The first kappa shape index (κ1) is 21.2. The predicted octanol–water partition coefficient (Wildman–Crippen LogP) is 5.00. The van der Waals surface area contributed by atoms with Gasteiger partial charge >= 0.3 is 7.12 Å². The maximum atomic E-state index is 6.16. The minimum Gasteiger partial charge on any atom is -0.399 e. The lowest BCUT2D eigenvalue weighted by atomic mass is 9.77. The van der Waals surface area contributed by atoms with Crippen LogP contribution in [0.2, 0.25) is 0 Å². The van der Waals surface area contributed by atoms with Gasteiger partial charge in [-0.2, -0.15) is 0 Å². The maximum Gasteiger partial charge on any atom is 0.494 e. The molecular formula is C22H36BNO2S. The van der Waals surface area contributed by atoms with Crippen molar-refractivity contribution in [1.82, 2.24) is 4.31 Å². The molecular weight excluding hydrogens is 353 g/mol. The van der Waals surface area contributed by atoms with Crippen LogP contribution in [0.5, 0.6) is 0 Å². The highest BCUT2D eigenvalue weighted by atomic mass is 32.2. The van der Waals surface area contributed by atoms with E-state index in [0.717, 1.165) is 10.7 Å².